The first-order valence-electron chi connectivity index (χ1n) is 6.66. The lowest BCUT2D eigenvalue weighted by Crippen LogP contribution is -2.46. The van der Waals surface area contributed by atoms with E-state index in [1.165, 1.54) is 0 Å². The van der Waals surface area contributed by atoms with Crippen molar-refractivity contribution in [3.63, 3.8) is 0 Å². The summed E-state index contributed by atoms with van der Waals surface area (Å²) in [5, 5.41) is 13.1. The van der Waals surface area contributed by atoms with Crippen molar-refractivity contribution in [2.45, 2.75) is 38.3 Å². The van der Waals surface area contributed by atoms with E-state index in [4.69, 9.17) is 0 Å². The summed E-state index contributed by atoms with van der Waals surface area (Å²) in [7, 11) is 0. The molecule has 4 heteroatoms. The Bertz CT molecular complexity index is 353. The summed E-state index contributed by atoms with van der Waals surface area (Å²) in [6, 6.07) is 6.54. The van der Waals surface area contributed by atoms with Crippen LogP contribution in [0.4, 0.5) is 5.82 Å². The third kappa shape index (κ3) is 3.96. The Kier molecular flexibility index (Phi) is 4.19. The van der Waals surface area contributed by atoms with Crippen LogP contribution >= 0.6 is 0 Å². The number of piperidine rings is 1. The van der Waals surface area contributed by atoms with Crippen molar-refractivity contribution in [1.82, 2.24) is 10.3 Å². The Morgan fingerprint density at radius 2 is 2.11 bits per heavy atom. The lowest BCUT2D eigenvalue weighted by Gasteiger charge is -2.34. The molecule has 1 aliphatic heterocycles. The van der Waals surface area contributed by atoms with Crippen LogP contribution in [0.25, 0.3) is 0 Å². The molecule has 0 radical (unpaired) electrons. The first kappa shape index (κ1) is 13.3. The zero-order valence-electron chi connectivity index (χ0n) is 11.3. The maximum atomic E-state index is 9.70. The summed E-state index contributed by atoms with van der Waals surface area (Å²) < 4.78 is 0. The van der Waals surface area contributed by atoms with Gasteiger partial charge in [0.25, 0.3) is 0 Å². The van der Waals surface area contributed by atoms with Gasteiger partial charge in [0.1, 0.15) is 5.82 Å². The summed E-state index contributed by atoms with van der Waals surface area (Å²) in [5.74, 6) is 1.07. The second-order valence-corrected chi connectivity index (χ2v) is 5.64. The molecule has 0 amide bonds. The lowest BCUT2D eigenvalue weighted by molar-refractivity contribution is 0.0752. The van der Waals surface area contributed by atoms with E-state index in [0.717, 1.165) is 31.7 Å². The van der Waals surface area contributed by atoms with Gasteiger partial charge in [-0.3, -0.25) is 0 Å². The molecule has 4 nitrogen and oxygen atoms in total. The van der Waals surface area contributed by atoms with Crippen LogP contribution in [0.1, 0.15) is 26.7 Å². The van der Waals surface area contributed by atoms with Gasteiger partial charge >= 0.3 is 0 Å². The molecule has 18 heavy (non-hydrogen) atoms. The van der Waals surface area contributed by atoms with Gasteiger partial charge in [-0.15, -0.1) is 0 Å². The summed E-state index contributed by atoms with van der Waals surface area (Å²) in [6.45, 7) is 6.38. The van der Waals surface area contributed by atoms with E-state index in [0.29, 0.717) is 12.6 Å². The number of aromatic nitrogens is 1. The maximum absolute atomic E-state index is 9.70. The number of nitrogens with one attached hydrogen (secondary N) is 1. The van der Waals surface area contributed by atoms with Gasteiger partial charge in [-0.2, -0.15) is 0 Å². The molecule has 0 spiro atoms. The van der Waals surface area contributed by atoms with Crippen LogP contribution in [0.15, 0.2) is 24.4 Å². The smallest absolute Gasteiger partial charge is 0.128 e. The molecule has 1 aliphatic rings. The van der Waals surface area contributed by atoms with E-state index in [2.05, 4.69) is 21.3 Å². The van der Waals surface area contributed by atoms with Gasteiger partial charge in [0.2, 0.25) is 0 Å². The number of nitrogens with zero attached hydrogens (tertiary/aromatic N) is 2. The van der Waals surface area contributed by atoms with E-state index in [1.807, 2.05) is 32.2 Å². The summed E-state index contributed by atoms with van der Waals surface area (Å²) in [5.41, 5.74) is -0.627. The second kappa shape index (κ2) is 5.67. The van der Waals surface area contributed by atoms with Crippen LogP contribution in [-0.2, 0) is 0 Å². The number of aliphatic hydroxyl groups is 1. The third-order valence-corrected chi connectivity index (χ3v) is 3.29. The maximum Gasteiger partial charge on any atom is 0.128 e. The van der Waals surface area contributed by atoms with Crippen molar-refractivity contribution < 1.29 is 5.11 Å². The Labute approximate surface area is 109 Å². The number of pyridine rings is 1. The normalized spacial score (nSPS) is 18.1. The Morgan fingerprint density at radius 3 is 2.67 bits per heavy atom. The van der Waals surface area contributed by atoms with Gasteiger partial charge in [-0.25, -0.2) is 4.98 Å². The van der Waals surface area contributed by atoms with Gasteiger partial charge in [0.15, 0.2) is 0 Å². The topological polar surface area (TPSA) is 48.4 Å². The SMILES string of the molecule is CC(C)(O)CNC1CCN(c2ccccn2)CC1. The lowest BCUT2D eigenvalue weighted by atomic mass is 10.0. The van der Waals surface area contributed by atoms with E-state index in [9.17, 15) is 5.11 Å². The standard InChI is InChI=1S/C14H23N3O/c1-14(2,18)11-16-12-6-9-17(10-7-12)13-5-3-4-8-15-13/h3-5,8,12,16,18H,6-7,9-11H2,1-2H3. The number of hydrogen-bond acceptors (Lipinski definition) is 4. The summed E-state index contributed by atoms with van der Waals surface area (Å²) in [6.07, 6.45) is 4.05. The highest BCUT2D eigenvalue weighted by molar-refractivity contribution is 5.38. The molecule has 2 N–H and O–H groups in total. The molecule has 0 atom stereocenters. The van der Waals surface area contributed by atoms with Crippen LogP contribution in [0.2, 0.25) is 0 Å². The quantitative estimate of drug-likeness (QED) is 0.847. The summed E-state index contributed by atoms with van der Waals surface area (Å²) >= 11 is 0. The molecule has 2 heterocycles. The molecule has 0 saturated carbocycles. The van der Waals surface area contributed by atoms with Crippen LogP contribution in [0, 0.1) is 0 Å². The van der Waals surface area contributed by atoms with E-state index < -0.39 is 5.60 Å². The molecule has 0 aliphatic carbocycles. The van der Waals surface area contributed by atoms with Crippen LogP contribution < -0.4 is 10.2 Å². The molecule has 0 bridgehead atoms. The largest absolute Gasteiger partial charge is 0.389 e. The van der Waals surface area contributed by atoms with Crippen molar-refractivity contribution in [3.8, 4) is 0 Å². The molecular weight excluding hydrogens is 226 g/mol. The van der Waals surface area contributed by atoms with Gasteiger partial charge in [-0.05, 0) is 38.8 Å². The zero-order valence-corrected chi connectivity index (χ0v) is 11.3. The van der Waals surface area contributed by atoms with E-state index in [1.54, 1.807) is 0 Å². The molecule has 0 aromatic carbocycles. The number of anilines is 1. The monoisotopic (exact) mass is 249 g/mol. The molecule has 2 rings (SSSR count). The zero-order chi connectivity index (χ0) is 13.0. The highest BCUT2D eigenvalue weighted by Gasteiger charge is 2.21. The molecular formula is C14H23N3O. The fraction of sp³-hybridized carbons (Fsp3) is 0.643. The predicted molar refractivity (Wildman–Crippen MR) is 73.8 cm³/mol. The van der Waals surface area contributed by atoms with E-state index >= 15 is 0 Å². The van der Waals surface area contributed by atoms with Crippen LogP contribution in [0.3, 0.4) is 0 Å². The third-order valence-electron chi connectivity index (χ3n) is 3.29. The van der Waals surface area contributed by atoms with Gasteiger partial charge < -0.3 is 15.3 Å². The molecule has 1 aromatic heterocycles. The summed E-state index contributed by atoms with van der Waals surface area (Å²) in [4.78, 5) is 6.70. The molecule has 100 valence electrons. The molecule has 1 aromatic rings. The Morgan fingerprint density at radius 1 is 1.39 bits per heavy atom. The highest BCUT2D eigenvalue weighted by atomic mass is 16.3. The van der Waals surface area contributed by atoms with Crippen molar-refractivity contribution in [2.75, 3.05) is 24.5 Å². The van der Waals surface area contributed by atoms with Crippen LogP contribution in [-0.4, -0.2) is 41.4 Å². The van der Waals surface area contributed by atoms with Gasteiger partial charge in [-0.1, -0.05) is 6.07 Å². The molecule has 1 saturated heterocycles. The minimum atomic E-state index is -0.627. The number of hydrogen-bond donors (Lipinski definition) is 2. The minimum absolute atomic E-state index is 0.511. The van der Waals surface area contributed by atoms with Gasteiger partial charge in [0.05, 0.1) is 5.60 Å². The fourth-order valence-corrected chi connectivity index (χ4v) is 2.25. The second-order valence-electron chi connectivity index (χ2n) is 5.64. The average molecular weight is 249 g/mol. The molecule has 1 fully saturated rings. The first-order chi connectivity index (χ1) is 8.54. The van der Waals surface area contributed by atoms with E-state index in [-0.39, 0.29) is 0 Å². The van der Waals surface area contributed by atoms with Crippen molar-refractivity contribution >= 4 is 5.82 Å². The van der Waals surface area contributed by atoms with Gasteiger partial charge in [0, 0.05) is 31.9 Å². The highest BCUT2D eigenvalue weighted by Crippen LogP contribution is 2.17. The first-order valence-corrected chi connectivity index (χ1v) is 6.66. The van der Waals surface area contributed by atoms with Crippen molar-refractivity contribution in [2.24, 2.45) is 0 Å². The average Bonchev–Trinajstić information content (AvgIpc) is 2.37. The fourth-order valence-electron chi connectivity index (χ4n) is 2.25. The Balaban J connectivity index is 1.78. The minimum Gasteiger partial charge on any atom is -0.389 e. The molecule has 0 unspecified atom stereocenters. The van der Waals surface area contributed by atoms with Crippen molar-refractivity contribution in [1.29, 1.82) is 0 Å². The number of rotatable bonds is 4. The predicted octanol–water partition coefficient (Wildman–Crippen LogP) is 1.41. The Hall–Kier alpha value is -1.13. The van der Waals surface area contributed by atoms with Crippen LogP contribution in [0.5, 0.6) is 0 Å². The van der Waals surface area contributed by atoms with Crippen molar-refractivity contribution in [3.05, 3.63) is 24.4 Å².